The number of benzene rings is 10. The lowest BCUT2D eigenvalue weighted by molar-refractivity contribution is 1.18. The molecule has 2 nitrogen and oxygen atoms in total. The van der Waals surface area contributed by atoms with Crippen LogP contribution in [0, 0.1) is 0 Å². The molecule has 0 unspecified atom stereocenters. The largest absolute Gasteiger partial charge is 0.309 e. The van der Waals surface area contributed by atoms with Crippen LogP contribution in [-0.2, 0) is 0 Å². The molecule has 0 amide bonds. The minimum atomic E-state index is 1.15. The van der Waals surface area contributed by atoms with E-state index < -0.39 is 0 Å². The third kappa shape index (κ3) is 5.50. The van der Waals surface area contributed by atoms with E-state index in [1.807, 2.05) is 0 Å². The van der Waals surface area contributed by atoms with E-state index in [9.17, 15) is 0 Å². The van der Waals surface area contributed by atoms with Crippen LogP contribution in [-0.4, -0.2) is 9.13 Å². The fraction of sp³-hybridized carbons (Fsp3) is 0. The second kappa shape index (κ2) is 13.9. The Morgan fingerprint density at radius 3 is 1.57 bits per heavy atom. The van der Waals surface area contributed by atoms with Gasteiger partial charge in [-0.25, -0.2) is 0 Å². The Hall–Kier alpha value is -7.94. The Balaban J connectivity index is 1.02. The third-order valence-corrected chi connectivity index (χ3v) is 12.3. The summed E-state index contributed by atoms with van der Waals surface area (Å²) in [5.74, 6) is 0. The van der Waals surface area contributed by atoms with Crippen molar-refractivity contribution in [1.82, 2.24) is 9.13 Å². The van der Waals surface area contributed by atoms with Gasteiger partial charge < -0.3 is 9.13 Å². The van der Waals surface area contributed by atoms with Gasteiger partial charge in [0.1, 0.15) is 0 Å². The van der Waals surface area contributed by atoms with Gasteiger partial charge in [-0.1, -0.05) is 170 Å². The molecule has 12 rings (SSSR count). The van der Waals surface area contributed by atoms with E-state index in [-0.39, 0.29) is 0 Å². The number of fused-ring (bicyclic) bond motifs is 7. The third-order valence-electron chi connectivity index (χ3n) is 12.3. The van der Waals surface area contributed by atoms with E-state index in [0.717, 1.165) is 5.69 Å². The second-order valence-electron chi connectivity index (χ2n) is 15.7. The van der Waals surface area contributed by atoms with Crippen molar-refractivity contribution >= 4 is 54.4 Å². The molecule has 0 N–H and O–H groups in total. The smallest absolute Gasteiger partial charge is 0.0547 e. The highest BCUT2D eigenvalue weighted by molar-refractivity contribution is 6.17. The first-order valence-electron chi connectivity index (χ1n) is 20.7. The summed E-state index contributed by atoms with van der Waals surface area (Å²) in [7, 11) is 0. The van der Waals surface area contributed by atoms with Crippen molar-refractivity contribution in [2.45, 2.75) is 0 Å². The van der Waals surface area contributed by atoms with Gasteiger partial charge in [-0.3, -0.25) is 0 Å². The van der Waals surface area contributed by atoms with Gasteiger partial charge in [-0.15, -0.1) is 0 Å². The summed E-state index contributed by atoms with van der Waals surface area (Å²) in [5.41, 5.74) is 16.8. The van der Waals surface area contributed by atoms with Gasteiger partial charge in [0.05, 0.1) is 27.8 Å². The molecule has 10 aromatic carbocycles. The highest BCUT2D eigenvalue weighted by Gasteiger charge is 2.20. The lowest BCUT2D eigenvalue weighted by atomic mass is 9.97. The lowest BCUT2D eigenvalue weighted by Crippen LogP contribution is -1.97. The van der Waals surface area contributed by atoms with Crippen LogP contribution in [0.5, 0.6) is 0 Å². The predicted octanol–water partition coefficient (Wildman–Crippen LogP) is 15.7. The summed E-state index contributed by atoms with van der Waals surface area (Å²) in [6, 6.07) is 84.2. The summed E-state index contributed by atoms with van der Waals surface area (Å²) in [5, 5.41) is 7.50. The van der Waals surface area contributed by atoms with Crippen LogP contribution in [0.25, 0.3) is 110 Å². The van der Waals surface area contributed by atoms with Gasteiger partial charge in [0.2, 0.25) is 0 Å². The monoisotopic (exact) mass is 762 g/mol. The molecule has 280 valence electrons. The van der Waals surface area contributed by atoms with Crippen LogP contribution >= 0.6 is 0 Å². The molecule has 0 fully saturated rings. The Labute approximate surface area is 348 Å². The van der Waals surface area contributed by atoms with Crippen molar-refractivity contribution in [3.8, 4) is 55.9 Å². The molecule has 2 aromatic heterocycles. The molecule has 0 aliphatic rings. The van der Waals surface area contributed by atoms with Crippen molar-refractivity contribution in [1.29, 1.82) is 0 Å². The first-order valence-corrected chi connectivity index (χ1v) is 20.7. The van der Waals surface area contributed by atoms with E-state index in [1.54, 1.807) is 0 Å². The Bertz CT molecular complexity index is 3570. The van der Waals surface area contributed by atoms with Gasteiger partial charge in [0, 0.05) is 32.8 Å². The van der Waals surface area contributed by atoms with E-state index in [1.165, 1.54) is 105 Å². The molecule has 2 heterocycles. The van der Waals surface area contributed by atoms with Crippen LogP contribution in [0.4, 0.5) is 0 Å². The molecule has 0 bridgehead atoms. The molecule has 0 saturated carbocycles. The summed E-state index contributed by atoms with van der Waals surface area (Å²) in [6.45, 7) is 0. The minimum Gasteiger partial charge on any atom is -0.309 e. The van der Waals surface area contributed by atoms with Gasteiger partial charge in [-0.05, 0) is 110 Å². The van der Waals surface area contributed by atoms with Gasteiger partial charge in [0.25, 0.3) is 0 Å². The van der Waals surface area contributed by atoms with Crippen molar-refractivity contribution in [2.24, 2.45) is 0 Å². The average Bonchev–Trinajstić information content (AvgIpc) is 3.84. The summed E-state index contributed by atoms with van der Waals surface area (Å²) < 4.78 is 4.87. The summed E-state index contributed by atoms with van der Waals surface area (Å²) >= 11 is 0. The maximum Gasteiger partial charge on any atom is 0.0547 e. The molecular formula is C58H38N2. The number of rotatable bonds is 6. The van der Waals surface area contributed by atoms with Crippen molar-refractivity contribution in [3.63, 3.8) is 0 Å². The second-order valence-corrected chi connectivity index (χ2v) is 15.7. The maximum absolute atomic E-state index is 2.46. The maximum atomic E-state index is 2.46. The van der Waals surface area contributed by atoms with E-state index in [2.05, 4.69) is 240 Å². The summed E-state index contributed by atoms with van der Waals surface area (Å²) in [6.07, 6.45) is 0. The van der Waals surface area contributed by atoms with E-state index in [4.69, 9.17) is 0 Å². The SMILES string of the molecule is c1ccc(-c2ccccc2-n2c3ccc(-c4ccc5c(c4)c4ccccc4n5-c4ccc(-c5ccc6ccccc6c5)cc4)cc3c3c(-c4ccccc4)cccc32)cc1. The zero-order chi connectivity index (χ0) is 39.6. The average molecular weight is 763 g/mol. The highest BCUT2D eigenvalue weighted by Crippen LogP contribution is 2.43. The molecule has 2 heteroatoms. The molecule has 60 heavy (non-hydrogen) atoms. The van der Waals surface area contributed by atoms with Crippen LogP contribution in [0.15, 0.2) is 231 Å². The van der Waals surface area contributed by atoms with E-state index in [0.29, 0.717) is 0 Å². The fourth-order valence-corrected chi connectivity index (χ4v) is 9.50. The topological polar surface area (TPSA) is 9.86 Å². The van der Waals surface area contributed by atoms with Crippen LogP contribution in [0.1, 0.15) is 0 Å². The van der Waals surface area contributed by atoms with Crippen molar-refractivity contribution in [3.05, 3.63) is 231 Å². The lowest BCUT2D eigenvalue weighted by Gasteiger charge is -2.14. The van der Waals surface area contributed by atoms with Crippen LogP contribution in [0.2, 0.25) is 0 Å². The molecule has 0 saturated heterocycles. The molecular weight excluding hydrogens is 725 g/mol. The molecule has 0 aliphatic carbocycles. The number of hydrogen-bond donors (Lipinski definition) is 0. The zero-order valence-corrected chi connectivity index (χ0v) is 32.8. The van der Waals surface area contributed by atoms with Crippen LogP contribution in [0.3, 0.4) is 0 Å². The Morgan fingerprint density at radius 1 is 0.250 bits per heavy atom. The molecule has 0 aliphatic heterocycles. The molecule has 0 radical (unpaired) electrons. The van der Waals surface area contributed by atoms with Gasteiger partial charge in [-0.2, -0.15) is 0 Å². The molecule has 12 aromatic rings. The zero-order valence-electron chi connectivity index (χ0n) is 32.8. The van der Waals surface area contributed by atoms with Gasteiger partial charge >= 0.3 is 0 Å². The number of aromatic nitrogens is 2. The normalized spacial score (nSPS) is 11.7. The highest BCUT2D eigenvalue weighted by atomic mass is 15.0. The first kappa shape index (κ1) is 34.1. The number of para-hydroxylation sites is 2. The standard InChI is InChI=1S/C58H38N2/c1-3-15-41(16-4-1)48-20-9-11-23-53(48)60-56-35-31-46(38-52(56)58-49(22-13-25-57(58)60)42-17-5-2-6-18-42)45-30-34-55-51(37-45)50-21-10-12-24-54(50)59(55)47-32-28-40(29-33-47)44-27-26-39-14-7-8-19-43(39)36-44/h1-38H. The van der Waals surface area contributed by atoms with Crippen molar-refractivity contribution in [2.75, 3.05) is 0 Å². The van der Waals surface area contributed by atoms with Gasteiger partial charge in [0.15, 0.2) is 0 Å². The minimum absolute atomic E-state index is 1.15. The summed E-state index contributed by atoms with van der Waals surface area (Å²) in [4.78, 5) is 0. The quantitative estimate of drug-likeness (QED) is 0.160. The van der Waals surface area contributed by atoms with Crippen molar-refractivity contribution < 1.29 is 0 Å². The van der Waals surface area contributed by atoms with E-state index >= 15 is 0 Å². The van der Waals surface area contributed by atoms with Crippen LogP contribution < -0.4 is 0 Å². The Kier molecular flexibility index (Phi) is 7.89. The number of hydrogen-bond acceptors (Lipinski definition) is 0. The molecule has 0 spiro atoms. The fourth-order valence-electron chi connectivity index (χ4n) is 9.50. The predicted molar refractivity (Wildman–Crippen MR) is 254 cm³/mol. The first-order chi connectivity index (χ1) is 29.8. The Morgan fingerprint density at radius 2 is 0.783 bits per heavy atom. The number of nitrogens with zero attached hydrogens (tertiary/aromatic N) is 2. The molecule has 0 atom stereocenters.